The average Bonchev–Trinajstić information content (AvgIpc) is 2.52. The first kappa shape index (κ1) is 18.6. The molecule has 0 N–H and O–H groups in total. The summed E-state index contributed by atoms with van der Waals surface area (Å²) in [5.41, 5.74) is 1.26. The fourth-order valence-corrected chi connectivity index (χ4v) is 3.27. The van der Waals surface area contributed by atoms with Crippen molar-refractivity contribution in [3.8, 4) is 11.5 Å². The van der Waals surface area contributed by atoms with E-state index in [1.54, 1.807) is 24.3 Å². The zero-order valence-electron chi connectivity index (χ0n) is 12.0. The molecule has 0 fully saturated rings. The molecular weight excluding hydrogens is 471 g/mol. The van der Waals surface area contributed by atoms with Gasteiger partial charge in [0.2, 0.25) is 0 Å². The second-order valence-electron chi connectivity index (χ2n) is 4.50. The summed E-state index contributed by atoms with van der Waals surface area (Å²) in [7, 11) is 0. The maximum absolute atomic E-state index is 11.1. The second-order valence-corrected chi connectivity index (χ2v) is 6.93. The van der Waals surface area contributed by atoms with E-state index in [-0.39, 0.29) is 6.61 Å². The molecule has 0 saturated carbocycles. The number of benzene rings is 2. The van der Waals surface area contributed by atoms with E-state index in [0.717, 1.165) is 11.8 Å². The summed E-state index contributed by atoms with van der Waals surface area (Å²) in [5, 5.41) is 1.09. The Labute approximate surface area is 161 Å². The highest BCUT2D eigenvalue weighted by molar-refractivity contribution is 9.13. The summed E-state index contributed by atoms with van der Waals surface area (Å²) in [5.74, 6) is 0.977. The molecule has 7 heteroatoms. The first-order valence-electron chi connectivity index (χ1n) is 6.64. The smallest absolute Gasteiger partial charge is 0.177 e. The molecule has 0 radical (unpaired) electrons. The highest BCUT2D eigenvalue weighted by atomic mass is 79.9. The van der Waals surface area contributed by atoms with Gasteiger partial charge in [0.15, 0.2) is 17.8 Å². The number of carbonyl (C=O) groups is 1. The molecule has 2 rings (SSSR count). The molecule has 0 aliphatic rings. The number of hydrogen-bond donors (Lipinski definition) is 0. The summed E-state index contributed by atoms with van der Waals surface area (Å²) < 4.78 is 12.6. The third-order valence-corrected chi connectivity index (χ3v) is 5.70. The van der Waals surface area contributed by atoms with Crippen molar-refractivity contribution in [2.75, 3.05) is 6.61 Å². The van der Waals surface area contributed by atoms with Gasteiger partial charge in [-0.05, 0) is 57.0 Å². The molecule has 2 aromatic carbocycles. The molecule has 0 aliphatic heterocycles. The van der Waals surface area contributed by atoms with Crippen LogP contribution in [0.15, 0.2) is 33.2 Å². The second kappa shape index (κ2) is 8.38. The maximum Gasteiger partial charge on any atom is 0.177 e. The zero-order valence-corrected chi connectivity index (χ0v) is 16.7. The minimum Gasteiger partial charge on any atom is -0.490 e. The summed E-state index contributed by atoms with van der Waals surface area (Å²) >= 11 is 18.8. The van der Waals surface area contributed by atoms with Crippen molar-refractivity contribution in [1.82, 2.24) is 0 Å². The van der Waals surface area contributed by atoms with Gasteiger partial charge < -0.3 is 9.47 Å². The van der Waals surface area contributed by atoms with Crippen LogP contribution in [0.25, 0.3) is 0 Å². The topological polar surface area (TPSA) is 35.5 Å². The van der Waals surface area contributed by atoms with Crippen molar-refractivity contribution in [3.63, 3.8) is 0 Å². The first-order valence-corrected chi connectivity index (χ1v) is 8.98. The van der Waals surface area contributed by atoms with Crippen LogP contribution in [0.1, 0.15) is 22.8 Å². The number of carbonyl (C=O) groups excluding carboxylic acids is 1. The van der Waals surface area contributed by atoms with Gasteiger partial charge in [0, 0.05) is 25.6 Å². The Morgan fingerprint density at radius 3 is 2.48 bits per heavy atom. The van der Waals surface area contributed by atoms with Gasteiger partial charge in [-0.3, -0.25) is 4.79 Å². The molecule has 0 saturated heterocycles. The van der Waals surface area contributed by atoms with Crippen molar-refractivity contribution in [1.29, 1.82) is 0 Å². The van der Waals surface area contributed by atoms with Gasteiger partial charge in [-0.2, -0.15) is 0 Å². The average molecular weight is 483 g/mol. The van der Waals surface area contributed by atoms with E-state index in [1.165, 1.54) is 0 Å². The highest BCUT2D eigenvalue weighted by Gasteiger charge is 2.17. The van der Waals surface area contributed by atoms with Crippen molar-refractivity contribution < 1.29 is 14.3 Å². The van der Waals surface area contributed by atoms with Crippen LogP contribution in [0.5, 0.6) is 11.5 Å². The predicted octanol–water partition coefficient (Wildman–Crippen LogP) is 6.31. The molecule has 23 heavy (non-hydrogen) atoms. The molecule has 0 aromatic heterocycles. The Kier molecular flexibility index (Phi) is 6.77. The van der Waals surface area contributed by atoms with Crippen molar-refractivity contribution in [2.45, 2.75) is 13.5 Å². The Balaban J connectivity index is 2.34. The molecule has 0 unspecified atom stereocenters. The summed E-state index contributed by atoms with van der Waals surface area (Å²) in [4.78, 5) is 11.1. The third kappa shape index (κ3) is 4.41. The lowest BCUT2D eigenvalue weighted by Gasteiger charge is -2.16. The van der Waals surface area contributed by atoms with Crippen LogP contribution in [0, 0.1) is 0 Å². The maximum atomic E-state index is 11.1. The molecule has 0 atom stereocenters. The van der Waals surface area contributed by atoms with E-state index in [2.05, 4.69) is 31.9 Å². The number of ether oxygens (including phenoxy) is 2. The van der Waals surface area contributed by atoms with Crippen LogP contribution in [0.2, 0.25) is 10.0 Å². The minimum atomic E-state index is 0.238. The van der Waals surface area contributed by atoms with E-state index in [0.29, 0.717) is 42.7 Å². The number of aldehydes is 1. The van der Waals surface area contributed by atoms with Gasteiger partial charge in [-0.1, -0.05) is 29.3 Å². The molecule has 3 nitrogen and oxygen atoms in total. The summed E-state index contributed by atoms with van der Waals surface area (Å²) in [6.07, 6.45) is 0.747. The standard InChI is InChI=1S/C16H12Br2Cl2O3/c1-2-22-13-5-10(7-21)14(17)15(18)16(13)23-8-9-3-4-11(19)6-12(9)20/h3-7H,2,8H2,1H3. The Morgan fingerprint density at radius 1 is 1.13 bits per heavy atom. The van der Waals surface area contributed by atoms with Gasteiger partial charge in [0.25, 0.3) is 0 Å². The van der Waals surface area contributed by atoms with Crippen molar-refractivity contribution in [3.05, 3.63) is 54.4 Å². The Hall–Kier alpha value is -0.750. The van der Waals surface area contributed by atoms with Crippen molar-refractivity contribution in [2.24, 2.45) is 0 Å². The Morgan fingerprint density at radius 2 is 1.87 bits per heavy atom. The number of halogens is 4. The molecule has 0 spiro atoms. The van der Waals surface area contributed by atoms with Crippen molar-refractivity contribution >= 4 is 61.3 Å². The predicted molar refractivity (Wildman–Crippen MR) is 99.2 cm³/mol. The third-order valence-electron chi connectivity index (χ3n) is 2.97. The lowest BCUT2D eigenvalue weighted by molar-refractivity contribution is 0.112. The van der Waals surface area contributed by atoms with E-state index < -0.39 is 0 Å². The molecule has 122 valence electrons. The van der Waals surface area contributed by atoms with Gasteiger partial charge in [-0.15, -0.1) is 0 Å². The highest BCUT2D eigenvalue weighted by Crippen LogP contribution is 2.43. The van der Waals surface area contributed by atoms with E-state index >= 15 is 0 Å². The van der Waals surface area contributed by atoms with Crippen LogP contribution in [0.4, 0.5) is 0 Å². The minimum absolute atomic E-state index is 0.238. The molecular formula is C16H12Br2Cl2O3. The van der Waals surface area contributed by atoms with Gasteiger partial charge in [0.05, 0.1) is 11.1 Å². The monoisotopic (exact) mass is 480 g/mol. The fourth-order valence-electron chi connectivity index (χ4n) is 1.88. The van der Waals surface area contributed by atoms with E-state index in [4.69, 9.17) is 32.7 Å². The molecule has 0 amide bonds. The molecule has 2 aromatic rings. The summed E-state index contributed by atoms with van der Waals surface area (Å²) in [6.45, 7) is 2.54. The lowest BCUT2D eigenvalue weighted by atomic mass is 10.2. The fraction of sp³-hybridized carbons (Fsp3) is 0.188. The lowest BCUT2D eigenvalue weighted by Crippen LogP contribution is -2.02. The Bertz CT molecular complexity index is 736. The van der Waals surface area contributed by atoms with E-state index in [9.17, 15) is 4.79 Å². The van der Waals surface area contributed by atoms with Crippen LogP contribution in [-0.2, 0) is 6.61 Å². The zero-order chi connectivity index (χ0) is 17.0. The SMILES string of the molecule is CCOc1cc(C=O)c(Br)c(Br)c1OCc1ccc(Cl)cc1Cl. The molecule has 0 aliphatic carbocycles. The van der Waals surface area contributed by atoms with Gasteiger partial charge in [0.1, 0.15) is 6.61 Å². The number of rotatable bonds is 6. The van der Waals surface area contributed by atoms with Gasteiger partial charge in [-0.25, -0.2) is 0 Å². The van der Waals surface area contributed by atoms with Crippen LogP contribution < -0.4 is 9.47 Å². The van der Waals surface area contributed by atoms with Crippen LogP contribution in [0.3, 0.4) is 0 Å². The van der Waals surface area contributed by atoms with E-state index in [1.807, 2.05) is 6.92 Å². The van der Waals surface area contributed by atoms with Gasteiger partial charge >= 0.3 is 0 Å². The molecule has 0 heterocycles. The first-order chi connectivity index (χ1) is 11.0. The van der Waals surface area contributed by atoms with Crippen LogP contribution >= 0.6 is 55.1 Å². The molecule has 0 bridgehead atoms. The summed E-state index contributed by atoms with van der Waals surface area (Å²) in [6, 6.07) is 6.83. The number of hydrogen-bond acceptors (Lipinski definition) is 3. The van der Waals surface area contributed by atoms with Crippen LogP contribution in [-0.4, -0.2) is 12.9 Å². The quantitative estimate of drug-likeness (QED) is 0.453. The normalized spacial score (nSPS) is 10.5. The largest absolute Gasteiger partial charge is 0.490 e.